The molecule has 0 aliphatic carbocycles. The third kappa shape index (κ3) is 7.26. The van der Waals surface area contributed by atoms with Crippen LogP contribution in [0.15, 0.2) is 30.3 Å². The fraction of sp³-hybridized carbons (Fsp3) is 0.476. The highest BCUT2D eigenvalue weighted by molar-refractivity contribution is 5.95. The SMILES string of the molecule is NC(=O)CC(N)C(=O)NC(CO)C(=O)NC(Cc1ccccc1)C(=O)N1CCCC1C(=O)O. The molecule has 1 aromatic carbocycles. The van der Waals surface area contributed by atoms with Crippen LogP contribution in [0.25, 0.3) is 0 Å². The van der Waals surface area contributed by atoms with Crippen molar-refractivity contribution < 1.29 is 34.2 Å². The number of carboxylic acid groups (broad SMARTS) is 1. The van der Waals surface area contributed by atoms with Gasteiger partial charge in [0.05, 0.1) is 19.1 Å². The fourth-order valence-corrected chi connectivity index (χ4v) is 3.59. The number of rotatable bonds is 11. The van der Waals surface area contributed by atoms with Gasteiger partial charge in [0.2, 0.25) is 23.6 Å². The minimum atomic E-state index is -1.45. The van der Waals surface area contributed by atoms with Crippen molar-refractivity contribution in [2.75, 3.05) is 13.2 Å². The van der Waals surface area contributed by atoms with E-state index >= 15 is 0 Å². The molecule has 0 saturated carbocycles. The van der Waals surface area contributed by atoms with Crippen LogP contribution >= 0.6 is 0 Å². The predicted molar refractivity (Wildman–Crippen MR) is 115 cm³/mol. The van der Waals surface area contributed by atoms with Crippen molar-refractivity contribution in [3.8, 4) is 0 Å². The van der Waals surface area contributed by atoms with Crippen molar-refractivity contribution >= 4 is 29.6 Å². The molecule has 1 aliphatic rings. The monoisotopic (exact) mass is 463 g/mol. The van der Waals surface area contributed by atoms with Gasteiger partial charge in [-0.05, 0) is 18.4 Å². The number of hydrogen-bond donors (Lipinski definition) is 6. The van der Waals surface area contributed by atoms with Crippen LogP contribution in [0.5, 0.6) is 0 Å². The Morgan fingerprint density at radius 1 is 1.06 bits per heavy atom. The molecule has 4 amide bonds. The van der Waals surface area contributed by atoms with Crippen LogP contribution in [0.3, 0.4) is 0 Å². The van der Waals surface area contributed by atoms with E-state index in [2.05, 4.69) is 10.6 Å². The molecule has 0 radical (unpaired) electrons. The van der Waals surface area contributed by atoms with Crippen LogP contribution in [0.1, 0.15) is 24.8 Å². The number of nitrogens with zero attached hydrogens (tertiary/aromatic N) is 1. The number of nitrogens with one attached hydrogen (secondary N) is 2. The molecule has 2 rings (SSSR count). The number of benzene rings is 1. The summed E-state index contributed by atoms with van der Waals surface area (Å²) in [5.74, 6) is -4.26. The van der Waals surface area contributed by atoms with Crippen molar-refractivity contribution in [2.24, 2.45) is 11.5 Å². The van der Waals surface area contributed by atoms with Crippen LogP contribution in [0.2, 0.25) is 0 Å². The second-order valence-electron chi connectivity index (χ2n) is 7.80. The molecule has 12 heteroatoms. The van der Waals surface area contributed by atoms with E-state index in [-0.39, 0.29) is 13.0 Å². The van der Waals surface area contributed by atoms with Gasteiger partial charge in [-0.15, -0.1) is 0 Å². The summed E-state index contributed by atoms with van der Waals surface area (Å²) in [6, 6.07) is 3.91. The summed E-state index contributed by atoms with van der Waals surface area (Å²) in [5, 5.41) is 23.7. The molecule has 8 N–H and O–H groups in total. The van der Waals surface area contributed by atoms with Gasteiger partial charge in [0.15, 0.2) is 0 Å². The first kappa shape index (κ1) is 25.7. The normalized spacial score (nSPS) is 18.1. The number of aliphatic hydroxyl groups is 1. The van der Waals surface area contributed by atoms with Crippen LogP contribution < -0.4 is 22.1 Å². The summed E-state index contributed by atoms with van der Waals surface area (Å²) in [7, 11) is 0. The zero-order valence-corrected chi connectivity index (χ0v) is 18.0. The lowest BCUT2D eigenvalue weighted by atomic mass is 10.0. The molecule has 4 unspecified atom stereocenters. The number of likely N-dealkylation sites (tertiary alicyclic amines) is 1. The summed E-state index contributed by atoms with van der Waals surface area (Å²) < 4.78 is 0. The maximum atomic E-state index is 13.2. The highest BCUT2D eigenvalue weighted by Gasteiger charge is 2.38. The van der Waals surface area contributed by atoms with Gasteiger partial charge in [0.25, 0.3) is 0 Å². The van der Waals surface area contributed by atoms with Crippen molar-refractivity contribution in [2.45, 2.75) is 49.9 Å². The van der Waals surface area contributed by atoms with Gasteiger partial charge < -0.3 is 37.2 Å². The molecule has 1 aromatic rings. The minimum absolute atomic E-state index is 0.0710. The first-order chi connectivity index (χ1) is 15.6. The second-order valence-corrected chi connectivity index (χ2v) is 7.80. The number of aliphatic hydroxyl groups excluding tert-OH is 1. The quantitative estimate of drug-likeness (QED) is 0.206. The number of carboxylic acids is 1. The number of primary amides is 1. The third-order valence-corrected chi connectivity index (χ3v) is 5.29. The standard InChI is InChI=1S/C21H29N5O7/c22-13(10-17(23)28)18(29)25-15(11-27)19(30)24-14(9-12-5-2-1-3-6-12)20(31)26-8-4-7-16(26)21(32)33/h1-3,5-6,13-16,27H,4,7-11,22H2,(H2,23,28)(H,24,30)(H,25,29)(H,32,33). The lowest BCUT2D eigenvalue weighted by Crippen LogP contribution is -2.58. The van der Waals surface area contributed by atoms with E-state index in [9.17, 15) is 34.2 Å². The number of nitrogens with two attached hydrogens (primary N) is 2. The Morgan fingerprint density at radius 2 is 1.70 bits per heavy atom. The molecule has 1 aliphatic heterocycles. The molecule has 0 spiro atoms. The lowest BCUT2D eigenvalue weighted by Gasteiger charge is -2.28. The zero-order valence-electron chi connectivity index (χ0n) is 18.0. The van der Waals surface area contributed by atoms with Gasteiger partial charge in [-0.1, -0.05) is 30.3 Å². The Labute approximate surface area is 190 Å². The smallest absolute Gasteiger partial charge is 0.326 e. The molecule has 0 bridgehead atoms. The molecule has 1 heterocycles. The Morgan fingerprint density at radius 3 is 2.27 bits per heavy atom. The topological polar surface area (TPSA) is 205 Å². The van der Waals surface area contributed by atoms with E-state index in [1.54, 1.807) is 30.3 Å². The lowest BCUT2D eigenvalue weighted by molar-refractivity contribution is -0.149. The van der Waals surface area contributed by atoms with Crippen molar-refractivity contribution in [3.63, 3.8) is 0 Å². The van der Waals surface area contributed by atoms with Crippen LogP contribution in [-0.4, -0.2) is 82.0 Å². The van der Waals surface area contributed by atoms with Gasteiger partial charge in [-0.25, -0.2) is 4.79 Å². The van der Waals surface area contributed by atoms with E-state index in [0.717, 1.165) is 5.56 Å². The maximum absolute atomic E-state index is 13.2. The average molecular weight is 463 g/mol. The van der Waals surface area contributed by atoms with Crippen LogP contribution in [-0.2, 0) is 30.4 Å². The number of carbonyl (C=O) groups is 5. The van der Waals surface area contributed by atoms with Crippen LogP contribution in [0.4, 0.5) is 0 Å². The first-order valence-electron chi connectivity index (χ1n) is 10.5. The number of aliphatic carboxylic acids is 1. The highest BCUT2D eigenvalue weighted by Crippen LogP contribution is 2.19. The van der Waals surface area contributed by atoms with E-state index in [1.807, 2.05) is 0 Å². The van der Waals surface area contributed by atoms with E-state index in [0.29, 0.717) is 12.8 Å². The second kappa shape index (κ2) is 11.9. The predicted octanol–water partition coefficient (Wildman–Crippen LogP) is -2.53. The molecular weight excluding hydrogens is 434 g/mol. The van der Waals surface area contributed by atoms with Gasteiger partial charge in [-0.2, -0.15) is 0 Å². The third-order valence-electron chi connectivity index (χ3n) is 5.29. The molecule has 33 heavy (non-hydrogen) atoms. The summed E-state index contributed by atoms with van der Waals surface area (Å²) in [6.07, 6.45) is 0.440. The summed E-state index contributed by atoms with van der Waals surface area (Å²) in [5.41, 5.74) is 11.3. The number of hydrogen-bond acceptors (Lipinski definition) is 7. The largest absolute Gasteiger partial charge is 0.480 e. The van der Waals surface area contributed by atoms with Crippen molar-refractivity contribution in [1.29, 1.82) is 0 Å². The molecule has 0 aromatic heterocycles. The fourth-order valence-electron chi connectivity index (χ4n) is 3.59. The number of amides is 4. The van der Waals surface area contributed by atoms with E-state index in [4.69, 9.17) is 11.5 Å². The van der Waals surface area contributed by atoms with Crippen molar-refractivity contribution in [1.82, 2.24) is 15.5 Å². The Balaban J connectivity index is 2.17. The van der Waals surface area contributed by atoms with Crippen molar-refractivity contribution in [3.05, 3.63) is 35.9 Å². The number of carbonyl (C=O) groups excluding carboxylic acids is 4. The summed E-state index contributed by atoms with van der Waals surface area (Å²) in [4.78, 5) is 61.8. The zero-order chi connectivity index (χ0) is 24.5. The van der Waals surface area contributed by atoms with Gasteiger partial charge in [-0.3, -0.25) is 19.2 Å². The first-order valence-corrected chi connectivity index (χ1v) is 10.5. The Hall–Kier alpha value is -3.51. The molecule has 1 saturated heterocycles. The average Bonchev–Trinajstić information content (AvgIpc) is 3.26. The molecule has 12 nitrogen and oxygen atoms in total. The van der Waals surface area contributed by atoms with Gasteiger partial charge >= 0.3 is 5.97 Å². The van der Waals surface area contributed by atoms with Crippen LogP contribution in [0, 0.1) is 0 Å². The highest BCUT2D eigenvalue weighted by atomic mass is 16.4. The molecule has 4 atom stereocenters. The Kier molecular flexibility index (Phi) is 9.30. The maximum Gasteiger partial charge on any atom is 0.326 e. The Bertz CT molecular complexity index is 879. The molecular formula is C21H29N5O7. The summed E-state index contributed by atoms with van der Waals surface area (Å²) in [6.45, 7) is -0.562. The van der Waals surface area contributed by atoms with Gasteiger partial charge in [0, 0.05) is 13.0 Å². The van der Waals surface area contributed by atoms with Gasteiger partial charge in [0.1, 0.15) is 18.1 Å². The molecule has 180 valence electrons. The van der Waals surface area contributed by atoms with E-state index in [1.165, 1.54) is 4.90 Å². The van der Waals surface area contributed by atoms with E-state index < -0.39 is 66.8 Å². The molecule has 1 fully saturated rings. The minimum Gasteiger partial charge on any atom is -0.480 e. The summed E-state index contributed by atoms with van der Waals surface area (Å²) >= 11 is 0.